The molecule has 230 valence electrons. The Morgan fingerprint density at radius 1 is 0.900 bits per heavy atom. The molecule has 1 aliphatic carbocycles. The van der Waals surface area contributed by atoms with Crippen molar-refractivity contribution in [1.29, 1.82) is 0 Å². The third-order valence-corrected chi connectivity index (χ3v) is 7.34. The zero-order valence-corrected chi connectivity index (χ0v) is 21.7. The number of hydrogen-bond acceptors (Lipinski definition) is 15. The standard InChI is InChI=1S/C21H39N7O12/c1-5-21(36,4-30)16(40-17-9(26-2)13(34)10(31)6(3-29)38-17)18(37-5)39-15-8(28-20(24)25)11(32)7(27-19(22)23)12(33)14(15)35/h4-18,26,29,31-36H,3H2,1-2H3,(H4,22,23,27)(H4,24,25,28)/t5-,6-,7+,8+,9-,10-,11+,12-,13-,14+,15+,16-,17+,18-,21+/m0/s1. The summed E-state index contributed by atoms with van der Waals surface area (Å²) in [6.45, 7) is 0.620. The van der Waals surface area contributed by atoms with Crippen LogP contribution in [0.15, 0.2) is 9.98 Å². The minimum absolute atomic E-state index is 0.140. The molecule has 2 saturated heterocycles. The molecule has 3 rings (SSSR count). The van der Waals surface area contributed by atoms with Crippen LogP contribution in [0.2, 0.25) is 0 Å². The number of likely N-dealkylation sites (N-methyl/N-ethyl adjacent to an activating group) is 1. The van der Waals surface area contributed by atoms with Gasteiger partial charge in [-0.3, -0.25) is 4.79 Å². The van der Waals surface area contributed by atoms with Gasteiger partial charge in [-0.15, -0.1) is 0 Å². The van der Waals surface area contributed by atoms with E-state index in [9.17, 15) is 40.5 Å². The van der Waals surface area contributed by atoms with Crippen LogP contribution < -0.4 is 28.3 Å². The Hall–Kier alpha value is -2.27. The van der Waals surface area contributed by atoms with Crippen LogP contribution in [0.25, 0.3) is 0 Å². The van der Waals surface area contributed by atoms with Gasteiger partial charge in [0, 0.05) is 0 Å². The van der Waals surface area contributed by atoms with Crippen LogP contribution in [0, 0.1) is 0 Å². The number of nitrogens with zero attached hydrogens (tertiary/aromatic N) is 2. The summed E-state index contributed by atoms with van der Waals surface area (Å²) in [4.78, 5) is 19.7. The zero-order chi connectivity index (χ0) is 30.1. The fourth-order valence-corrected chi connectivity index (χ4v) is 5.08. The summed E-state index contributed by atoms with van der Waals surface area (Å²) in [5.41, 5.74) is 19.4. The summed E-state index contributed by atoms with van der Waals surface area (Å²) in [6.07, 6.45) is -17.3. The summed E-state index contributed by atoms with van der Waals surface area (Å²) < 4.78 is 22.9. The number of nitrogens with one attached hydrogen (secondary N) is 1. The van der Waals surface area contributed by atoms with E-state index in [-0.39, 0.29) is 6.29 Å². The smallest absolute Gasteiger partial charge is 0.188 e. The van der Waals surface area contributed by atoms with Gasteiger partial charge in [-0.05, 0) is 14.0 Å². The first kappa shape index (κ1) is 32.2. The number of carbonyl (C=O) groups is 1. The average molecular weight is 582 g/mol. The van der Waals surface area contributed by atoms with Crippen LogP contribution >= 0.6 is 0 Å². The second-order valence-electron chi connectivity index (χ2n) is 9.89. The Kier molecular flexibility index (Phi) is 10.2. The molecule has 16 N–H and O–H groups in total. The molecular formula is C21H39N7O12. The van der Waals surface area contributed by atoms with E-state index in [1.54, 1.807) is 0 Å². The molecule has 1 saturated carbocycles. The highest BCUT2D eigenvalue weighted by Crippen LogP contribution is 2.38. The van der Waals surface area contributed by atoms with Gasteiger partial charge in [0.15, 0.2) is 36.4 Å². The third-order valence-electron chi connectivity index (χ3n) is 7.34. The van der Waals surface area contributed by atoms with E-state index in [0.717, 1.165) is 0 Å². The molecule has 0 unspecified atom stereocenters. The molecule has 0 radical (unpaired) electrons. The number of aliphatic hydroxyl groups excluding tert-OH is 6. The van der Waals surface area contributed by atoms with Crippen molar-refractivity contribution in [3.63, 3.8) is 0 Å². The van der Waals surface area contributed by atoms with Gasteiger partial charge in [0.25, 0.3) is 0 Å². The fraction of sp³-hybridized carbons (Fsp3) is 0.857. The number of guanidine groups is 2. The van der Waals surface area contributed by atoms with Gasteiger partial charge >= 0.3 is 0 Å². The monoisotopic (exact) mass is 581 g/mol. The Balaban J connectivity index is 1.96. The summed E-state index contributed by atoms with van der Waals surface area (Å²) in [6, 6.07) is -4.08. The molecule has 0 amide bonds. The van der Waals surface area contributed by atoms with E-state index < -0.39 is 110 Å². The zero-order valence-electron chi connectivity index (χ0n) is 21.7. The quantitative estimate of drug-likeness (QED) is 0.0682. The number of aliphatic hydroxyl groups is 7. The van der Waals surface area contributed by atoms with E-state index in [0.29, 0.717) is 0 Å². The van der Waals surface area contributed by atoms with Gasteiger partial charge in [0.05, 0.1) is 18.8 Å². The molecule has 0 bridgehead atoms. The van der Waals surface area contributed by atoms with Gasteiger partial charge in [-0.2, -0.15) is 0 Å². The van der Waals surface area contributed by atoms with E-state index in [4.69, 9.17) is 41.9 Å². The lowest BCUT2D eigenvalue weighted by molar-refractivity contribution is -0.314. The highest BCUT2D eigenvalue weighted by molar-refractivity contribution is 5.76. The van der Waals surface area contributed by atoms with Crippen LogP contribution in [-0.4, -0.2) is 159 Å². The van der Waals surface area contributed by atoms with E-state index in [1.807, 2.05) is 0 Å². The van der Waals surface area contributed by atoms with Crippen LogP contribution in [0.4, 0.5) is 0 Å². The number of ether oxygens (including phenoxy) is 4. The van der Waals surface area contributed by atoms with Gasteiger partial charge in [-0.25, -0.2) is 9.98 Å². The molecule has 0 spiro atoms. The van der Waals surface area contributed by atoms with E-state index in [2.05, 4.69) is 15.3 Å². The molecule has 2 heterocycles. The first-order chi connectivity index (χ1) is 18.7. The molecule has 0 aromatic heterocycles. The van der Waals surface area contributed by atoms with Crippen LogP contribution in [0.3, 0.4) is 0 Å². The largest absolute Gasteiger partial charge is 0.394 e. The van der Waals surface area contributed by atoms with Crippen molar-refractivity contribution in [1.82, 2.24) is 5.32 Å². The molecule has 0 aromatic rings. The highest BCUT2D eigenvalue weighted by Gasteiger charge is 2.60. The lowest BCUT2D eigenvalue weighted by Gasteiger charge is -2.45. The highest BCUT2D eigenvalue weighted by atomic mass is 16.8. The second-order valence-corrected chi connectivity index (χ2v) is 9.89. The predicted molar refractivity (Wildman–Crippen MR) is 133 cm³/mol. The number of aldehydes is 1. The van der Waals surface area contributed by atoms with Crippen LogP contribution in [0.5, 0.6) is 0 Å². The lowest BCUT2D eigenvalue weighted by atomic mass is 9.81. The number of nitrogens with two attached hydrogens (primary N) is 4. The molecule has 3 fully saturated rings. The fourth-order valence-electron chi connectivity index (χ4n) is 5.08. The first-order valence-corrected chi connectivity index (χ1v) is 12.4. The van der Waals surface area contributed by atoms with Crippen LogP contribution in [0.1, 0.15) is 6.92 Å². The summed E-state index contributed by atoms with van der Waals surface area (Å²) >= 11 is 0. The number of carbonyl (C=O) groups excluding carboxylic acids is 1. The van der Waals surface area contributed by atoms with E-state index >= 15 is 0 Å². The van der Waals surface area contributed by atoms with Crippen molar-refractivity contribution in [2.75, 3.05) is 13.7 Å². The number of aliphatic imine (C=N–C) groups is 2. The molecule has 2 aliphatic heterocycles. The summed E-state index contributed by atoms with van der Waals surface area (Å²) in [7, 11) is 1.42. The van der Waals surface area contributed by atoms with Crippen molar-refractivity contribution in [2.24, 2.45) is 32.9 Å². The minimum Gasteiger partial charge on any atom is -0.394 e. The lowest BCUT2D eigenvalue weighted by Crippen LogP contribution is -2.66. The Labute approximate surface area is 228 Å². The average Bonchev–Trinajstić information content (AvgIpc) is 3.13. The third kappa shape index (κ3) is 6.00. The van der Waals surface area contributed by atoms with Crippen molar-refractivity contribution in [2.45, 2.75) is 98.2 Å². The maximum atomic E-state index is 12.1. The first-order valence-electron chi connectivity index (χ1n) is 12.4. The number of hydrogen-bond donors (Lipinski definition) is 12. The molecule has 19 heteroatoms. The minimum atomic E-state index is -2.38. The van der Waals surface area contributed by atoms with Gasteiger partial charge in [-0.1, -0.05) is 0 Å². The van der Waals surface area contributed by atoms with Crippen LogP contribution in [-0.2, 0) is 23.7 Å². The van der Waals surface area contributed by atoms with Gasteiger partial charge < -0.3 is 82.9 Å². The van der Waals surface area contributed by atoms with Gasteiger partial charge in [0.2, 0.25) is 0 Å². The Morgan fingerprint density at radius 2 is 1.50 bits per heavy atom. The van der Waals surface area contributed by atoms with Crippen molar-refractivity contribution >= 4 is 18.2 Å². The molecule has 19 nitrogen and oxygen atoms in total. The van der Waals surface area contributed by atoms with Crippen molar-refractivity contribution < 1.29 is 59.5 Å². The number of rotatable bonds is 9. The molecule has 15 atom stereocenters. The van der Waals surface area contributed by atoms with Crippen molar-refractivity contribution in [3.8, 4) is 0 Å². The van der Waals surface area contributed by atoms with Gasteiger partial charge in [0.1, 0.15) is 60.9 Å². The molecule has 40 heavy (non-hydrogen) atoms. The normalized spacial score (nSPS) is 47.4. The topological polar surface area (TPSA) is 336 Å². The Bertz CT molecular complexity index is 940. The molecule has 0 aromatic carbocycles. The maximum absolute atomic E-state index is 12.1. The summed E-state index contributed by atoms with van der Waals surface area (Å²) in [5.74, 6) is -1.03. The Morgan fingerprint density at radius 3 is 2.02 bits per heavy atom. The van der Waals surface area contributed by atoms with E-state index in [1.165, 1.54) is 14.0 Å². The SMILES string of the molecule is CN[C@@H]1[C@@H](O[C@H]2[C@H](O[C@H]3[C@H](O)[C@@H](O)[C@H](N=C(N)N)[C@@H](O)[C@H]3N=C(N)N)O[C@@H](C)[C@]2(O)C=O)O[C@@H](CO)[C@H](O)[C@H]1O. The molecular weight excluding hydrogens is 542 g/mol. The second kappa shape index (κ2) is 12.7. The predicted octanol–water partition coefficient (Wildman–Crippen LogP) is -8.16. The molecule has 3 aliphatic rings. The summed E-state index contributed by atoms with van der Waals surface area (Å²) in [5, 5.41) is 76.6. The maximum Gasteiger partial charge on any atom is 0.188 e. The van der Waals surface area contributed by atoms with Crippen molar-refractivity contribution in [3.05, 3.63) is 0 Å².